The Morgan fingerprint density at radius 2 is 1.26 bits per heavy atom. The minimum absolute atomic E-state index is 0. The molecule has 0 aromatic heterocycles. The number of hydrogen-bond donors (Lipinski definition) is 1. The summed E-state index contributed by atoms with van der Waals surface area (Å²) in [5.74, 6) is 0. The van der Waals surface area contributed by atoms with Gasteiger partial charge in [-0.25, -0.2) is 8.42 Å². The van der Waals surface area contributed by atoms with Gasteiger partial charge in [-0.3, -0.25) is 0 Å². The number of aliphatic hydroxyl groups excluding tert-OH is 1. The van der Waals surface area contributed by atoms with Gasteiger partial charge < -0.3 is 9.66 Å². The van der Waals surface area contributed by atoms with E-state index in [2.05, 4.69) is 6.92 Å². The van der Waals surface area contributed by atoms with Crippen molar-refractivity contribution in [3.05, 3.63) is 0 Å². The zero-order valence-electron chi connectivity index (χ0n) is 15.4. The van der Waals surface area contributed by atoms with Gasteiger partial charge in [-0.2, -0.15) is 0 Å². The van der Waals surface area contributed by atoms with Gasteiger partial charge in [0.25, 0.3) is 0 Å². The van der Waals surface area contributed by atoms with Crippen molar-refractivity contribution in [3.8, 4) is 0 Å². The van der Waals surface area contributed by atoms with Crippen LogP contribution >= 0.6 is 0 Å². The summed E-state index contributed by atoms with van der Waals surface area (Å²) in [5, 5.41) is 8.90. The first-order chi connectivity index (χ1) is 10.4. The molecule has 0 aliphatic heterocycles. The van der Waals surface area contributed by atoms with Gasteiger partial charge in [0.15, 0.2) is 0 Å². The van der Waals surface area contributed by atoms with Crippen molar-refractivity contribution in [2.45, 2.75) is 109 Å². The maximum atomic E-state index is 11.3. The minimum Gasteiger partial charge on any atom is -0.748 e. The van der Waals surface area contributed by atoms with Crippen LogP contribution in [-0.2, 0) is 10.1 Å². The summed E-state index contributed by atoms with van der Waals surface area (Å²) in [6.45, 7) is 4.20. The van der Waals surface area contributed by atoms with Crippen molar-refractivity contribution in [2.24, 2.45) is 0 Å². The second-order valence-electron chi connectivity index (χ2n) is 6.40. The van der Waals surface area contributed by atoms with Crippen molar-refractivity contribution >= 4 is 10.1 Å². The van der Waals surface area contributed by atoms with Crippen LogP contribution in [0.5, 0.6) is 0 Å². The summed E-state index contributed by atoms with van der Waals surface area (Å²) < 4.78 is 34.0. The summed E-state index contributed by atoms with van der Waals surface area (Å²) in [4.78, 5) is 0. The van der Waals surface area contributed by atoms with Crippen LogP contribution in [0.2, 0.25) is 0 Å². The minimum atomic E-state index is -4.19. The molecule has 0 radical (unpaired) electrons. The molecule has 6 heteroatoms. The number of aliphatic hydroxyl groups is 1. The van der Waals surface area contributed by atoms with Gasteiger partial charge in [0.1, 0.15) is 0 Å². The van der Waals surface area contributed by atoms with Gasteiger partial charge in [0.2, 0.25) is 0 Å². The van der Waals surface area contributed by atoms with E-state index >= 15 is 0 Å². The van der Waals surface area contributed by atoms with Crippen LogP contribution in [0.3, 0.4) is 0 Å². The van der Waals surface area contributed by atoms with E-state index < -0.39 is 15.4 Å². The number of unbranched alkanes of at least 4 members (excludes halogenated alkanes) is 6. The zero-order valence-corrected chi connectivity index (χ0v) is 19.4. The van der Waals surface area contributed by atoms with Gasteiger partial charge in [0, 0.05) is 5.25 Å². The molecule has 0 saturated heterocycles. The van der Waals surface area contributed by atoms with Gasteiger partial charge >= 0.3 is 51.4 Å². The first-order valence-corrected chi connectivity index (χ1v) is 10.5. The summed E-state index contributed by atoms with van der Waals surface area (Å²) in [7, 11) is -4.19. The maximum Gasteiger partial charge on any atom is 1.00 e. The van der Waals surface area contributed by atoms with Crippen LogP contribution in [-0.4, -0.2) is 29.4 Å². The van der Waals surface area contributed by atoms with E-state index in [1.165, 1.54) is 19.3 Å². The van der Waals surface area contributed by atoms with Gasteiger partial charge in [-0.15, -0.1) is 0 Å². The third-order valence-corrected chi connectivity index (χ3v) is 5.51. The SMILES string of the molecule is CCCCCCCCC(CCCCC(O)CCC)S(=O)(=O)[O-].[K+]. The van der Waals surface area contributed by atoms with Crippen molar-refractivity contribution in [2.75, 3.05) is 0 Å². The Hall–Kier alpha value is 1.51. The Kier molecular flexibility index (Phi) is 19.7. The molecule has 0 aromatic carbocycles. The van der Waals surface area contributed by atoms with E-state index in [-0.39, 0.29) is 57.5 Å². The molecule has 134 valence electrons. The number of rotatable bonds is 15. The first kappa shape index (κ1) is 26.7. The molecule has 4 nitrogen and oxygen atoms in total. The zero-order chi connectivity index (χ0) is 16.8. The smallest absolute Gasteiger partial charge is 0.748 e. The van der Waals surface area contributed by atoms with E-state index in [1.54, 1.807) is 0 Å². The molecule has 23 heavy (non-hydrogen) atoms. The second-order valence-corrected chi connectivity index (χ2v) is 8.05. The average molecular weight is 375 g/mol. The fourth-order valence-electron chi connectivity index (χ4n) is 2.81. The predicted octanol–water partition coefficient (Wildman–Crippen LogP) is 1.38. The molecule has 0 aliphatic rings. The molecular weight excluding hydrogens is 339 g/mol. The molecule has 0 spiro atoms. The summed E-state index contributed by atoms with van der Waals surface area (Å²) >= 11 is 0. The summed E-state index contributed by atoms with van der Waals surface area (Å²) in [5.41, 5.74) is 0. The van der Waals surface area contributed by atoms with Gasteiger partial charge in [0.05, 0.1) is 16.2 Å². The summed E-state index contributed by atoms with van der Waals surface area (Å²) in [6.07, 6.45) is 11.2. The van der Waals surface area contributed by atoms with Gasteiger partial charge in [-0.05, 0) is 25.7 Å². The first-order valence-electron chi connectivity index (χ1n) is 9.04. The quantitative estimate of drug-likeness (QED) is 0.267. The van der Waals surface area contributed by atoms with Crippen molar-refractivity contribution < 1.29 is 69.5 Å². The van der Waals surface area contributed by atoms with Crippen molar-refractivity contribution in [1.82, 2.24) is 0 Å². The van der Waals surface area contributed by atoms with Crippen LogP contribution in [0.25, 0.3) is 0 Å². The molecule has 0 rings (SSSR count). The monoisotopic (exact) mass is 374 g/mol. The molecule has 2 unspecified atom stereocenters. The molecule has 0 heterocycles. The molecule has 0 bridgehead atoms. The Morgan fingerprint density at radius 1 is 0.783 bits per heavy atom. The normalized spacial score (nSPS) is 14.3. The molecule has 0 aromatic rings. The topological polar surface area (TPSA) is 77.4 Å². The van der Waals surface area contributed by atoms with Crippen LogP contribution in [0.4, 0.5) is 0 Å². The molecular formula is C17H35KO4S. The molecule has 2 atom stereocenters. The molecule has 0 fully saturated rings. The van der Waals surface area contributed by atoms with Crippen molar-refractivity contribution in [3.63, 3.8) is 0 Å². The third kappa shape index (κ3) is 16.7. The Morgan fingerprint density at radius 3 is 1.78 bits per heavy atom. The number of hydrogen-bond acceptors (Lipinski definition) is 4. The third-order valence-electron chi connectivity index (χ3n) is 4.22. The fourth-order valence-corrected chi connectivity index (χ4v) is 3.73. The standard InChI is InChI=1S/C17H36O4S.K/c1-3-5-6-7-8-9-14-17(22(19,20)21)15-11-10-13-16(18)12-4-2;/h16-18H,3-15H2,1-2H3,(H,19,20,21);/q;+1/p-1. The average Bonchev–Trinajstić information content (AvgIpc) is 2.43. The molecule has 0 aliphatic carbocycles. The van der Waals surface area contributed by atoms with Crippen LogP contribution in [0.15, 0.2) is 0 Å². The summed E-state index contributed by atoms with van der Waals surface area (Å²) in [6, 6.07) is 0. The molecule has 1 N–H and O–H groups in total. The van der Waals surface area contributed by atoms with Crippen LogP contribution in [0.1, 0.15) is 97.3 Å². The van der Waals surface area contributed by atoms with E-state index in [4.69, 9.17) is 0 Å². The van der Waals surface area contributed by atoms with Crippen molar-refractivity contribution in [1.29, 1.82) is 0 Å². The van der Waals surface area contributed by atoms with E-state index in [0.29, 0.717) is 25.7 Å². The van der Waals surface area contributed by atoms with E-state index in [9.17, 15) is 18.1 Å². The maximum absolute atomic E-state index is 11.3. The van der Waals surface area contributed by atoms with Crippen LogP contribution < -0.4 is 51.4 Å². The van der Waals surface area contributed by atoms with Crippen LogP contribution in [0, 0.1) is 0 Å². The molecule has 0 amide bonds. The largest absolute Gasteiger partial charge is 1.00 e. The molecule has 0 saturated carbocycles. The Bertz CT molecular complexity index is 347. The van der Waals surface area contributed by atoms with E-state index in [1.807, 2.05) is 6.92 Å². The van der Waals surface area contributed by atoms with Gasteiger partial charge in [-0.1, -0.05) is 71.6 Å². The second kappa shape index (κ2) is 16.9. The fraction of sp³-hybridized carbons (Fsp3) is 1.00. The Balaban J connectivity index is 0. The Labute approximate surface area is 186 Å². The van der Waals surface area contributed by atoms with E-state index in [0.717, 1.165) is 38.5 Å². The predicted molar refractivity (Wildman–Crippen MR) is 90.9 cm³/mol.